The van der Waals surface area contributed by atoms with Crippen molar-refractivity contribution in [1.82, 2.24) is 9.36 Å². The van der Waals surface area contributed by atoms with Crippen LogP contribution in [-0.4, -0.2) is 9.36 Å². The lowest BCUT2D eigenvalue weighted by Gasteiger charge is -2.05. The van der Waals surface area contributed by atoms with E-state index in [1.54, 1.807) is 6.07 Å². The van der Waals surface area contributed by atoms with Crippen molar-refractivity contribution >= 4 is 17.2 Å². The molecular formula is C11H13N3OS. The topological polar surface area (TPSA) is 61.0 Å². The van der Waals surface area contributed by atoms with Gasteiger partial charge < -0.3 is 10.5 Å². The summed E-state index contributed by atoms with van der Waals surface area (Å²) in [6, 6.07) is 5.56. The number of aromatic nitrogens is 2. The third kappa shape index (κ3) is 2.30. The minimum atomic E-state index is 0.561. The van der Waals surface area contributed by atoms with Gasteiger partial charge in [-0.05, 0) is 18.6 Å². The largest absolute Gasteiger partial charge is 0.429 e. The third-order valence-corrected chi connectivity index (χ3v) is 2.81. The fraction of sp³-hybridized carbons (Fsp3) is 0.273. The number of aryl methyl sites for hydroxylation is 2. The second kappa shape index (κ2) is 4.49. The molecule has 4 nitrogen and oxygen atoms in total. The quantitative estimate of drug-likeness (QED) is 0.831. The normalized spacial score (nSPS) is 10.4. The van der Waals surface area contributed by atoms with Crippen molar-refractivity contribution in [3.63, 3.8) is 0 Å². The molecule has 16 heavy (non-hydrogen) atoms. The molecule has 2 aromatic rings. The molecule has 0 bridgehead atoms. The number of ether oxygens (including phenoxy) is 1. The first-order chi connectivity index (χ1) is 7.69. The van der Waals surface area contributed by atoms with Crippen molar-refractivity contribution < 1.29 is 4.74 Å². The molecule has 0 radical (unpaired) electrons. The first-order valence-corrected chi connectivity index (χ1v) is 5.83. The number of anilines is 1. The molecule has 0 fully saturated rings. The van der Waals surface area contributed by atoms with E-state index in [4.69, 9.17) is 10.5 Å². The van der Waals surface area contributed by atoms with Crippen molar-refractivity contribution in [2.45, 2.75) is 20.3 Å². The Kier molecular flexibility index (Phi) is 3.05. The van der Waals surface area contributed by atoms with Crippen molar-refractivity contribution in [1.29, 1.82) is 0 Å². The first kappa shape index (κ1) is 10.9. The van der Waals surface area contributed by atoms with Gasteiger partial charge in [-0.2, -0.15) is 9.36 Å². The number of nitrogens with two attached hydrogens (primary N) is 1. The SMILES string of the molecule is CCc1nsc(Oc2cc(N)ccc2C)n1. The Labute approximate surface area is 98.3 Å². The average molecular weight is 235 g/mol. The van der Waals surface area contributed by atoms with Crippen LogP contribution in [-0.2, 0) is 6.42 Å². The molecule has 0 amide bonds. The zero-order valence-electron chi connectivity index (χ0n) is 9.23. The molecule has 0 aliphatic rings. The van der Waals surface area contributed by atoms with Crippen molar-refractivity contribution in [3.8, 4) is 10.9 Å². The van der Waals surface area contributed by atoms with Gasteiger partial charge in [0, 0.05) is 29.7 Å². The van der Waals surface area contributed by atoms with Crippen LogP contribution in [0.2, 0.25) is 0 Å². The van der Waals surface area contributed by atoms with Crippen LogP contribution < -0.4 is 10.5 Å². The van der Waals surface area contributed by atoms with Gasteiger partial charge in [0.15, 0.2) is 0 Å². The molecule has 1 heterocycles. The fourth-order valence-electron chi connectivity index (χ4n) is 1.24. The van der Waals surface area contributed by atoms with E-state index in [-0.39, 0.29) is 0 Å². The van der Waals surface area contributed by atoms with Gasteiger partial charge in [0.25, 0.3) is 5.19 Å². The number of nitrogens with zero attached hydrogens (tertiary/aromatic N) is 2. The van der Waals surface area contributed by atoms with Gasteiger partial charge in [0.05, 0.1) is 0 Å². The number of benzene rings is 1. The maximum Gasteiger partial charge on any atom is 0.298 e. The summed E-state index contributed by atoms with van der Waals surface area (Å²) in [6.45, 7) is 3.98. The molecule has 0 atom stereocenters. The predicted octanol–water partition coefficient (Wildman–Crippen LogP) is 2.78. The van der Waals surface area contributed by atoms with E-state index >= 15 is 0 Å². The molecule has 0 unspecified atom stereocenters. The summed E-state index contributed by atoms with van der Waals surface area (Å²) in [5, 5.41) is 0.561. The van der Waals surface area contributed by atoms with Crippen molar-refractivity contribution in [2.75, 3.05) is 5.73 Å². The van der Waals surface area contributed by atoms with Crippen LogP contribution >= 0.6 is 11.5 Å². The molecule has 84 valence electrons. The molecule has 1 aromatic carbocycles. The number of nitrogen functional groups attached to an aromatic ring is 1. The zero-order valence-corrected chi connectivity index (χ0v) is 10.0. The van der Waals surface area contributed by atoms with Crippen LogP contribution in [0.3, 0.4) is 0 Å². The highest BCUT2D eigenvalue weighted by Crippen LogP contribution is 2.27. The van der Waals surface area contributed by atoms with E-state index in [1.807, 2.05) is 26.0 Å². The number of hydrogen-bond acceptors (Lipinski definition) is 5. The Morgan fingerprint density at radius 2 is 2.25 bits per heavy atom. The minimum absolute atomic E-state index is 0.561. The average Bonchev–Trinajstić information content (AvgIpc) is 2.71. The lowest BCUT2D eigenvalue weighted by atomic mass is 10.2. The highest BCUT2D eigenvalue weighted by Gasteiger charge is 2.07. The molecule has 0 aliphatic carbocycles. The molecule has 5 heteroatoms. The van der Waals surface area contributed by atoms with Crippen LogP contribution in [0.1, 0.15) is 18.3 Å². The van der Waals surface area contributed by atoms with Gasteiger partial charge in [0.1, 0.15) is 11.6 Å². The van der Waals surface area contributed by atoms with Gasteiger partial charge in [-0.3, -0.25) is 0 Å². The van der Waals surface area contributed by atoms with Crippen molar-refractivity contribution in [2.24, 2.45) is 0 Å². The van der Waals surface area contributed by atoms with Gasteiger partial charge >= 0.3 is 0 Å². The van der Waals surface area contributed by atoms with E-state index in [2.05, 4.69) is 9.36 Å². The summed E-state index contributed by atoms with van der Waals surface area (Å²) in [6.07, 6.45) is 0.815. The van der Waals surface area contributed by atoms with Crippen LogP contribution in [0.4, 0.5) is 5.69 Å². The van der Waals surface area contributed by atoms with Crippen LogP contribution in [0.25, 0.3) is 0 Å². The summed E-state index contributed by atoms with van der Waals surface area (Å²) in [7, 11) is 0. The summed E-state index contributed by atoms with van der Waals surface area (Å²) >= 11 is 1.26. The molecule has 1 aromatic heterocycles. The Hall–Kier alpha value is -1.62. The van der Waals surface area contributed by atoms with Gasteiger partial charge in [-0.15, -0.1) is 0 Å². The van der Waals surface area contributed by atoms with E-state index in [0.29, 0.717) is 10.9 Å². The van der Waals surface area contributed by atoms with Gasteiger partial charge in [-0.1, -0.05) is 13.0 Å². The third-order valence-electron chi connectivity index (χ3n) is 2.18. The van der Waals surface area contributed by atoms with E-state index in [1.165, 1.54) is 11.5 Å². The smallest absolute Gasteiger partial charge is 0.298 e. The number of hydrogen-bond donors (Lipinski definition) is 1. The first-order valence-electron chi connectivity index (χ1n) is 5.05. The highest BCUT2D eigenvalue weighted by atomic mass is 32.1. The summed E-state index contributed by atoms with van der Waals surface area (Å²) in [5.74, 6) is 1.54. The molecule has 0 saturated carbocycles. The Balaban J connectivity index is 2.22. The molecule has 0 aliphatic heterocycles. The van der Waals surface area contributed by atoms with Crippen LogP contribution in [0.5, 0.6) is 10.9 Å². The monoisotopic (exact) mass is 235 g/mol. The highest BCUT2D eigenvalue weighted by molar-refractivity contribution is 7.07. The zero-order chi connectivity index (χ0) is 11.5. The van der Waals surface area contributed by atoms with E-state index in [9.17, 15) is 0 Å². The Bertz CT molecular complexity index is 496. The lowest BCUT2D eigenvalue weighted by Crippen LogP contribution is -1.91. The molecule has 2 N–H and O–H groups in total. The van der Waals surface area contributed by atoms with E-state index < -0.39 is 0 Å². The van der Waals surface area contributed by atoms with Crippen molar-refractivity contribution in [3.05, 3.63) is 29.6 Å². The summed E-state index contributed by atoms with van der Waals surface area (Å²) in [4.78, 5) is 4.24. The molecule has 0 spiro atoms. The fourth-order valence-corrected chi connectivity index (χ4v) is 1.87. The number of rotatable bonds is 3. The minimum Gasteiger partial charge on any atom is -0.429 e. The summed E-state index contributed by atoms with van der Waals surface area (Å²) < 4.78 is 9.79. The molecule has 2 rings (SSSR count). The summed E-state index contributed by atoms with van der Waals surface area (Å²) in [5.41, 5.74) is 7.41. The Morgan fingerprint density at radius 1 is 1.44 bits per heavy atom. The van der Waals surface area contributed by atoms with Gasteiger partial charge in [0.2, 0.25) is 0 Å². The second-order valence-corrected chi connectivity index (χ2v) is 4.17. The van der Waals surface area contributed by atoms with Crippen LogP contribution in [0, 0.1) is 6.92 Å². The Morgan fingerprint density at radius 3 is 2.94 bits per heavy atom. The molecular weight excluding hydrogens is 222 g/mol. The standard InChI is InChI=1S/C11H13N3OS/c1-3-10-13-11(16-14-10)15-9-6-8(12)5-4-7(9)2/h4-6H,3,12H2,1-2H3. The maximum absolute atomic E-state index is 5.70. The lowest BCUT2D eigenvalue weighted by molar-refractivity contribution is 0.474. The second-order valence-electron chi connectivity index (χ2n) is 3.46. The van der Waals surface area contributed by atoms with Gasteiger partial charge in [-0.25, -0.2) is 0 Å². The maximum atomic E-state index is 5.70. The molecule has 0 saturated heterocycles. The van der Waals surface area contributed by atoms with E-state index in [0.717, 1.165) is 23.6 Å². The predicted molar refractivity (Wildman–Crippen MR) is 65.0 cm³/mol. The van der Waals surface area contributed by atoms with Crippen LogP contribution in [0.15, 0.2) is 18.2 Å².